The van der Waals surface area contributed by atoms with Gasteiger partial charge in [0.05, 0.1) is 20.8 Å². The zero-order valence-electron chi connectivity index (χ0n) is 14.5. The quantitative estimate of drug-likeness (QED) is 0.684. The number of nitrogens with zero attached hydrogens (tertiary/aromatic N) is 3. The Labute approximate surface area is 147 Å². The predicted molar refractivity (Wildman–Crippen MR) is 95.7 cm³/mol. The molecule has 0 bridgehead atoms. The molecule has 130 valence electrons. The molecule has 0 saturated carbocycles. The summed E-state index contributed by atoms with van der Waals surface area (Å²) in [4.78, 5) is 3.95. The highest BCUT2D eigenvalue weighted by atomic mass is 16.5. The lowest BCUT2D eigenvalue weighted by molar-refractivity contribution is 0.354. The van der Waals surface area contributed by atoms with Crippen LogP contribution in [-0.4, -0.2) is 29.0 Å². The fourth-order valence-electron chi connectivity index (χ4n) is 2.61. The molecular formula is C19H22N4O2. The first kappa shape index (κ1) is 17.0. The molecule has 0 aliphatic heterocycles. The van der Waals surface area contributed by atoms with Crippen LogP contribution < -0.4 is 14.8 Å². The molecule has 0 amide bonds. The lowest BCUT2D eigenvalue weighted by Gasteiger charge is -2.10. The van der Waals surface area contributed by atoms with Crippen LogP contribution in [0.2, 0.25) is 0 Å². The number of hydrogen-bond acceptors (Lipinski definition) is 5. The van der Waals surface area contributed by atoms with Crippen LogP contribution in [0.5, 0.6) is 11.5 Å². The van der Waals surface area contributed by atoms with E-state index in [9.17, 15) is 0 Å². The SMILES string of the molecule is COc1ccc(CNCc2ccc(Cn3cncn3)cc2)cc1OC. The summed E-state index contributed by atoms with van der Waals surface area (Å²) >= 11 is 0. The Kier molecular flexibility index (Phi) is 5.64. The van der Waals surface area contributed by atoms with Gasteiger partial charge in [-0.3, -0.25) is 0 Å². The first-order chi connectivity index (χ1) is 12.3. The molecule has 6 heteroatoms. The van der Waals surface area contributed by atoms with Crippen molar-refractivity contribution in [3.8, 4) is 11.5 Å². The van der Waals surface area contributed by atoms with Gasteiger partial charge < -0.3 is 14.8 Å². The maximum absolute atomic E-state index is 5.33. The fraction of sp³-hybridized carbons (Fsp3) is 0.263. The van der Waals surface area contributed by atoms with E-state index in [-0.39, 0.29) is 0 Å². The van der Waals surface area contributed by atoms with E-state index in [2.05, 4.69) is 39.7 Å². The molecule has 25 heavy (non-hydrogen) atoms. The number of aromatic nitrogens is 3. The van der Waals surface area contributed by atoms with Crippen molar-refractivity contribution in [1.29, 1.82) is 0 Å². The molecule has 0 saturated heterocycles. The van der Waals surface area contributed by atoms with Crippen molar-refractivity contribution in [2.24, 2.45) is 0 Å². The molecule has 1 heterocycles. The van der Waals surface area contributed by atoms with Crippen molar-refractivity contribution in [1.82, 2.24) is 20.1 Å². The van der Waals surface area contributed by atoms with Crippen molar-refractivity contribution < 1.29 is 9.47 Å². The Balaban J connectivity index is 1.52. The van der Waals surface area contributed by atoms with Gasteiger partial charge in [-0.05, 0) is 28.8 Å². The number of hydrogen-bond donors (Lipinski definition) is 1. The van der Waals surface area contributed by atoms with Gasteiger partial charge in [0.1, 0.15) is 12.7 Å². The second-order valence-corrected chi connectivity index (χ2v) is 5.70. The minimum absolute atomic E-state index is 0.735. The summed E-state index contributed by atoms with van der Waals surface area (Å²) in [5, 5.41) is 7.57. The monoisotopic (exact) mass is 338 g/mol. The second kappa shape index (κ2) is 8.30. The maximum Gasteiger partial charge on any atom is 0.161 e. The highest BCUT2D eigenvalue weighted by Gasteiger charge is 2.04. The summed E-state index contributed by atoms with van der Waals surface area (Å²) in [7, 11) is 3.29. The molecule has 3 rings (SSSR count). The molecule has 6 nitrogen and oxygen atoms in total. The largest absolute Gasteiger partial charge is 0.493 e. The van der Waals surface area contributed by atoms with Crippen LogP contribution in [0.4, 0.5) is 0 Å². The Morgan fingerprint density at radius 1 is 0.880 bits per heavy atom. The van der Waals surface area contributed by atoms with Gasteiger partial charge >= 0.3 is 0 Å². The average Bonchev–Trinajstić information content (AvgIpc) is 3.16. The maximum atomic E-state index is 5.33. The summed E-state index contributed by atoms with van der Waals surface area (Å²) in [6.45, 7) is 2.30. The third-order valence-electron chi connectivity index (χ3n) is 3.94. The molecule has 0 radical (unpaired) electrons. The highest BCUT2D eigenvalue weighted by molar-refractivity contribution is 5.42. The zero-order chi connectivity index (χ0) is 17.5. The van der Waals surface area contributed by atoms with E-state index < -0.39 is 0 Å². The Bertz CT molecular complexity index is 786. The highest BCUT2D eigenvalue weighted by Crippen LogP contribution is 2.27. The van der Waals surface area contributed by atoms with Crippen LogP contribution in [-0.2, 0) is 19.6 Å². The molecule has 0 atom stereocenters. The molecule has 1 N–H and O–H groups in total. The van der Waals surface area contributed by atoms with Gasteiger partial charge in [0.2, 0.25) is 0 Å². The van der Waals surface area contributed by atoms with Crippen LogP contribution in [0, 0.1) is 0 Å². The number of rotatable bonds is 8. The summed E-state index contributed by atoms with van der Waals surface area (Å²) in [6.07, 6.45) is 3.27. The first-order valence-electron chi connectivity index (χ1n) is 8.10. The lowest BCUT2D eigenvalue weighted by Crippen LogP contribution is -2.12. The molecular weight excluding hydrogens is 316 g/mol. The predicted octanol–water partition coefficient (Wildman–Crippen LogP) is 2.63. The smallest absolute Gasteiger partial charge is 0.161 e. The number of ether oxygens (including phenoxy) is 2. The number of nitrogens with one attached hydrogen (secondary N) is 1. The molecule has 0 unspecified atom stereocenters. The molecule has 0 aliphatic carbocycles. The van der Waals surface area contributed by atoms with Gasteiger partial charge in [0, 0.05) is 13.1 Å². The van der Waals surface area contributed by atoms with Crippen LogP contribution in [0.3, 0.4) is 0 Å². The van der Waals surface area contributed by atoms with E-state index in [1.165, 1.54) is 11.1 Å². The van der Waals surface area contributed by atoms with E-state index in [0.29, 0.717) is 0 Å². The standard InChI is InChI=1S/C19H22N4O2/c1-24-18-8-7-17(9-19(18)25-2)11-20-10-15-3-5-16(6-4-15)12-23-14-21-13-22-23/h3-9,13-14,20H,10-12H2,1-2H3. The molecule has 1 aromatic heterocycles. The van der Waals surface area contributed by atoms with Crippen LogP contribution >= 0.6 is 0 Å². The van der Waals surface area contributed by atoms with Crippen molar-refractivity contribution >= 4 is 0 Å². The van der Waals surface area contributed by atoms with Crippen molar-refractivity contribution in [2.45, 2.75) is 19.6 Å². The van der Waals surface area contributed by atoms with Crippen molar-refractivity contribution in [3.05, 3.63) is 71.8 Å². The van der Waals surface area contributed by atoms with Crippen molar-refractivity contribution in [3.63, 3.8) is 0 Å². The van der Waals surface area contributed by atoms with E-state index in [1.54, 1.807) is 26.9 Å². The Morgan fingerprint density at radius 3 is 2.24 bits per heavy atom. The Morgan fingerprint density at radius 2 is 1.56 bits per heavy atom. The molecule has 2 aromatic carbocycles. The number of benzene rings is 2. The van der Waals surface area contributed by atoms with Crippen LogP contribution in [0.25, 0.3) is 0 Å². The summed E-state index contributed by atoms with van der Waals surface area (Å²) in [5.41, 5.74) is 3.59. The zero-order valence-corrected chi connectivity index (χ0v) is 14.5. The summed E-state index contributed by atoms with van der Waals surface area (Å²) < 4.78 is 12.4. The summed E-state index contributed by atoms with van der Waals surface area (Å²) in [6, 6.07) is 14.5. The molecule has 0 spiro atoms. The normalized spacial score (nSPS) is 10.6. The van der Waals surface area contributed by atoms with Gasteiger partial charge in [-0.2, -0.15) is 5.10 Å². The average molecular weight is 338 g/mol. The van der Waals surface area contributed by atoms with E-state index in [1.807, 2.05) is 22.9 Å². The van der Waals surface area contributed by atoms with Crippen LogP contribution in [0.15, 0.2) is 55.1 Å². The fourth-order valence-corrected chi connectivity index (χ4v) is 2.61. The Hall–Kier alpha value is -2.86. The minimum atomic E-state index is 0.735. The topological polar surface area (TPSA) is 61.2 Å². The molecule has 0 aliphatic rings. The molecule has 0 fully saturated rings. The van der Waals surface area contributed by atoms with Gasteiger partial charge in [-0.15, -0.1) is 0 Å². The van der Waals surface area contributed by atoms with E-state index >= 15 is 0 Å². The van der Waals surface area contributed by atoms with E-state index in [4.69, 9.17) is 9.47 Å². The molecule has 3 aromatic rings. The van der Waals surface area contributed by atoms with Gasteiger partial charge in [-0.1, -0.05) is 30.3 Å². The second-order valence-electron chi connectivity index (χ2n) is 5.70. The van der Waals surface area contributed by atoms with Crippen LogP contribution in [0.1, 0.15) is 16.7 Å². The van der Waals surface area contributed by atoms with Gasteiger partial charge in [-0.25, -0.2) is 9.67 Å². The third-order valence-corrected chi connectivity index (χ3v) is 3.94. The van der Waals surface area contributed by atoms with Crippen molar-refractivity contribution in [2.75, 3.05) is 14.2 Å². The number of methoxy groups -OCH3 is 2. The van der Waals surface area contributed by atoms with Gasteiger partial charge in [0.25, 0.3) is 0 Å². The summed E-state index contributed by atoms with van der Waals surface area (Å²) in [5.74, 6) is 1.49. The first-order valence-corrected chi connectivity index (χ1v) is 8.10. The minimum Gasteiger partial charge on any atom is -0.493 e. The van der Waals surface area contributed by atoms with E-state index in [0.717, 1.165) is 36.7 Å². The van der Waals surface area contributed by atoms with Gasteiger partial charge in [0.15, 0.2) is 11.5 Å². The lowest BCUT2D eigenvalue weighted by atomic mass is 10.1. The third kappa shape index (κ3) is 4.58.